The molecule has 0 spiro atoms. The number of carboxylic acids is 1. The van der Waals surface area contributed by atoms with Gasteiger partial charge in [-0.3, -0.25) is 14.4 Å². The summed E-state index contributed by atoms with van der Waals surface area (Å²) in [5, 5.41) is 18.6. The van der Waals surface area contributed by atoms with Crippen LogP contribution in [-0.4, -0.2) is 71.0 Å². The van der Waals surface area contributed by atoms with Gasteiger partial charge in [0.15, 0.2) is 0 Å². The summed E-state index contributed by atoms with van der Waals surface area (Å²) in [6.07, 6.45) is 5.53. The summed E-state index contributed by atoms with van der Waals surface area (Å²) >= 11 is 0. The van der Waals surface area contributed by atoms with Crippen molar-refractivity contribution < 1.29 is 24.3 Å². The Hall–Kier alpha value is -3.48. The zero-order valence-electron chi connectivity index (χ0n) is 24.2. The number of para-hydroxylation sites is 1. The van der Waals surface area contributed by atoms with E-state index in [1.807, 2.05) is 44.3 Å². The number of benzene rings is 1. The molecule has 0 aliphatic rings. The highest BCUT2D eigenvalue weighted by Gasteiger charge is 2.32. The molecule has 2 rings (SSSR count). The van der Waals surface area contributed by atoms with E-state index in [1.54, 1.807) is 0 Å². The summed E-state index contributed by atoms with van der Waals surface area (Å²) in [5.74, 6) is -3.02. The Morgan fingerprint density at radius 1 is 0.878 bits per heavy atom. The molecule has 5 unspecified atom stereocenters. The number of amides is 3. The molecule has 1 aromatic heterocycles. The summed E-state index contributed by atoms with van der Waals surface area (Å²) in [6.45, 7) is 4.57. The number of aromatic amines is 1. The number of nitrogens with two attached hydrogens (primary N) is 3. The van der Waals surface area contributed by atoms with Crippen molar-refractivity contribution >= 4 is 34.6 Å². The molecule has 0 saturated heterocycles. The van der Waals surface area contributed by atoms with Crippen LogP contribution in [0, 0.1) is 5.92 Å². The van der Waals surface area contributed by atoms with Crippen molar-refractivity contribution in [3.05, 3.63) is 36.0 Å². The van der Waals surface area contributed by atoms with Crippen LogP contribution >= 0.6 is 0 Å². The second kappa shape index (κ2) is 17.4. The fourth-order valence-corrected chi connectivity index (χ4v) is 4.64. The standard InChI is InChI=1S/C29H47N7O5/c1-3-18(2)25(36-26(37)21(32)16-19-17-33-22-11-5-4-10-20(19)22)28(39)34-23(12-6-8-14-30)27(38)35-24(29(40)41)13-7-9-15-31/h4-5,10-11,17-18,21,23-25,33H,3,6-9,12-16,30-32H2,1-2H3,(H,34,39)(H,35,38)(H,36,37)(H,40,41). The van der Waals surface area contributed by atoms with E-state index in [-0.39, 0.29) is 25.2 Å². The maximum atomic E-state index is 13.5. The number of nitrogens with one attached hydrogen (secondary N) is 4. The molecule has 11 N–H and O–H groups in total. The molecular formula is C29H47N7O5. The predicted molar refractivity (Wildman–Crippen MR) is 159 cm³/mol. The largest absolute Gasteiger partial charge is 0.480 e. The molecule has 228 valence electrons. The molecule has 0 bridgehead atoms. The van der Waals surface area contributed by atoms with Gasteiger partial charge in [-0.2, -0.15) is 0 Å². The molecule has 1 heterocycles. The van der Waals surface area contributed by atoms with E-state index in [0.717, 1.165) is 16.5 Å². The molecule has 3 amide bonds. The molecule has 0 saturated carbocycles. The predicted octanol–water partition coefficient (Wildman–Crippen LogP) is 0.881. The van der Waals surface area contributed by atoms with Gasteiger partial charge in [0.25, 0.3) is 0 Å². The first-order valence-corrected chi connectivity index (χ1v) is 14.5. The van der Waals surface area contributed by atoms with E-state index in [9.17, 15) is 24.3 Å². The molecule has 0 aliphatic carbocycles. The minimum absolute atomic E-state index is 0.224. The second-order valence-electron chi connectivity index (χ2n) is 10.6. The van der Waals surface area contributed by atoms with E-state index >= 15 is 0 Å². The molecule has 0 radical (unpaired) electrons. The smallest absolute Gasteiger partial charge is 0.326 e. The van der Waals surface area contributed by atoms with Crippen molar-refractivity contribution in [3.8, 4) is 0 Å². The van der Waals surface area contributed by atoms with Gasteiger partial charge in [-0.25, -0.2) is 4.79 Å². The van der Waals surface area contributed by atoms with Gasteiger partial charge in [0, 0.05) is 17.1 Å². The van der Waals surface area contributed by atoms with Crippen LogP contribution < -0.4 is 33.2 Å². The number of rotatable bonds is 19. The SMILES string of the molecule is CCC(C)C(NC(=O)C(N)Cc1c[nH]c2ccccc12)C(=O)NC(CCCCN)C(=O)NC(CCCCN)C(=O)O. The number of hydrogen-bond acceptors (Lipinski definition) is 7. The lowest BCUT2D eigenvalue weighted by Crippen LogP contribution is -2.58. The van der Waals surface area contributed by atoms with Gasteiger partial charge in [-0.05, 0) is 75.6 Å². The first-order chi connectivity index (χ1) is 19.6. The quantitative estimate of drug-likeness (QED) is 0.112. The first kappa shape index (κ1) is 33.7. The Bertz CT molecular complexity index is 1140. The minimum atomic E-state index is -1.16. The van der Waals surface area contributed by atoms with Gasteiger partial charge in [-0.15, -0.1) is 0 Å². The molecular weight excluding hydrogens is 526 g/mol. The van der Waals surface area contributed by atoms with Crippen LogP contribution in [0.1, 0.15) is 64.4 Å². The van der Waals surface area contributed by atoms with Crippen molar-refractivity contribution in [2.24, 2.45) is 23.1 Å². The van der Waals surface area contributed by atoms with Gasteiger partial charge >= 0.3 is 5.97 Å². The number of carbonyl (C=O) groups excluding carboxylic acids is 3. The van der Waals surface area contributed by atoms with E-state index in [0.29, 0.717) is 45.2 Å². The average Bonchev–Trinajstić information content (AvgIpc) is 3.36. The van der Waals surface area contributed by atoms with Gasteiger partial charge in [0.2, 0.25) is 17.7 Å². The second-order valence-corrected chi connectivity index (χ2v) is 10.6. The van der Waals surface area contributed by atoms with Crippen LogP contribution in [0.25, 0.3) is 10.9 Å². The average molecular weight is 574 g/mol. The molecule has 1 aromatic carbocycles. The highest BCUT2D eigenvalue weighted by molar-refractivity contribution is 5.94. The number of unbranched alkanes of at least 4 members (excludes halogenated alkanes) is 2. The van der Waals surface area contributed by atoms with Crippen molar-refractivity contribution in [1.29, 1.82) is 0 Å². The number of carboxylic acid groups (broad SMARTS) is 1. The van der Waals surface area contributed by atoms with Crippen molar-refractivity contribution in [3.63, 3.8) is 0 Å². The minimum Gasteiger partial charge on any atom is -0.480 e. The molecule has 2 aromatic rings. The zero-order valence-corrected chi connectivity index (χ0v) is 24.2. The number of carbonyl (C=O) groups is 4. The van der Waals surface area contributed by atoms with E-state index in [2.05, 4.69) is 20.9 Å². The number of aliphatic carboxylic acids is 1. The highest BCUT2D eigenvalue weighted by atomic mass is 16.4. The highest BCUT2D eigenvalue weighted by Crippen LogP contribution is 2.19. The normalized spacial score (nSPS) is 15.0. The van der Waals surface area contributed by atoms with Crippen LogP contribution in [0.15, 0.2) is 30.5 Å². The Balaban J connectivity index is 2.13. The van der Waals surface area contributed by atoms with E-state index in [1.165, 1.54) is 0 Å². The molecule has 0 aliphatic heterocycles. The summed E-state index contributed by atoms with van der Waals surface area (Å²) in [5.41, 5.74) is 19.2. The fourth-order valence-electron chi connectivity index (χ4n) is 4.64. The van der Waals surface area contributed by atoms with Gasteiger partial charge in [-0.1, -0.05) is 38.5 Å². The topological polar surface area (TPSA) is 218 Å². The van der Waals surface area contributed by atoms with Gasteiger partial charge in [0.05, 0.1) is 6.04 Å². The lowest BCUT2D eigenvalue weighted by atomic mass is 9.96. The van der Waals surface area contributed by atoms with Crippen molar-refractivity contribution in [1.82, 2.24) is 20.9 Å². The first-order valence-electron chi connectivity index (χ1n) is 14.5. The van der Waals surface area contributed by atoms with Crippen molar-refractivity contribution in [2.45, 2.75) is 89.4 Å². The lowest BCUT2D eigenvalue weighted by Gasteiger charge is -2.28. The van der Waals surface area contributed by atoms with Crippen LogP contribution in [0.4, 0.5) is 0 Å². The third-order valence-electron chi connectivity index (χ3n) is 7.39. The molecule has 12 heteroatoms. The Kier molecular flexibility index (Phi) is 14.3. The maximum absolute atomic E-state index is 13.5. The van der Waals surface area contributed by atoms with Crippen LogP contribution in [0.2, 0.25) is 0 Å². The number of aromatic nitrogens is 1. The lowest BCUT2D eigenvalue weighted by molar-refractivity contribution is -0.142. The number of fused-ring (bicyclic) bond motifs is 1. The fraction of sp³-hybridized carbons (Fsp3) is 0.586. The summed E-state index contributed by atoms with van der Waals surface area (Å²) in [6, 6.07) is 3.78. The molecule has 5 atom stereocenters. The molecule has 12 nitrogen and oxygen atoms in total. The summed E-state index contributed by atoms with van der Waals surface area (Å²) < 4.78 is 0. The number of hydrogen-bond donors (Lipinski definition) is 8. The third-order valence-corrected chi connectivity index (χ3v) is 7.39. The third kappa shape index (κ3) is 10.5. The Morgan fingerprint density at radius 2 is 1.49 bits per heavy atom. The number of H-pyrrole nitrogens is 1. The van der Waals surface area contributed by atoms with Crippen LogP contribution in [0.5, 0.6) is 0 Å². The molecule has 0 fully saturated rings. The zero-order chi connectivity index (χ0) is 30.4. The Labute approximate surface area is 241 Å². The monoisotopic (exact) mass is 573 g/mol. The van der Waals surface area contributed by atoms with Crippen LogP contribution in [0.3, 0.4) is 0 Å². The maximum Gasteiger partial charge on any atom is 0.326 e. The van der Waals surface area contributed by atoms with Gasteiger partial charge in [0.1, 0.15) is 18.1 Å². The van der Waals surface area contributed by atoms with Crippen molar-refractivity contribution in [2.75, 3.05) is 13.1 Å². The van der Waals surface area contributed by atoms with E-state index in [4.69, 9.17) is 17.2 Å². The Morgan fingerprint density at radius 3 is 2.10 bits per heavy atom. The summed E-state index contributed by atoms with van der Waals surface area (Å²) in [4.78, 5) is 54.6. The van der Waals surface area contributed by atoms with E-state index < -0.39 is 47.9 Å². The van der Waals surface area contributed by atoms with Crippen LogP contribution in [-0.2, 0) is 25.6 Å². The summed E-state index contributed by atoms with van der Waals surface area (Å²) in [7, 11) is 0. The molecule has 41 heavy (non-hydrogen) atoms. The van der Waals surface area contributed by atoms with Gasteiger partial charge < -0.3 is 43.2 Å².